The number of benzene rings is 1. The van der Waals surface area contributed by atoms with Gasteiger partial charge in [-0.1, -0.05) is 44.4 Å². The molecule has 0 aliphatic heterocycles. The molecule has 0 aliphatic rings. The molecule has 2 N–H and O–H groups in total. The number of halogens is 1. The minimum atomic E-state index is 0.464. The fourth-order valence-electron chi connectivity index (χ4n) is 1.52. The van der Waals surface area contributed by atoms with Crippen molar-refractivity contribution < 1.29 is 4.74 Å². The molecule has 0 fully saturated rings. The van der Waals surface area contributed by atoms with Crippen molar-refractivity contribution in [2.24, 2.45) is 11.7 Å². The summed E-state index contributed by atoms with van der Waals surface area (Å²) in [5, 5.41) is 0.685. The average molecular weight is 242 g/mol. The second kappa shape index (κ2) is 6.77. The zero-order chi connectivity index (χ0) is 12.0. The van der Waals surface area contributed by atoms with Gasteiger partial charge in [0.25, 0.3) is 0 Å². The quantitative estimate of drug-likeness (QED) is 0.826. The van der Waals surface area contributed by atoms with E-state index >= 15 is 0 Å². The average Bonchev–Trinajstić information content (AvgIpc) is 2.30. The first kappa shape index (κ1) is 13.3. The Morgan fingerprint density at radius 2 is 2.00 bits per heavy atom. The fraction of sp³-hybridized carbons (Fsp3) is 0.538. The second-order valence-electron chi connectivity index (χ2n) is 3.95. The van der Waals surface area contributed by atoms with Crippen LogP contribution in [0.15, 0.2) is 18.2 Å². The van der Waals surface area contributed by atoms with Gasteiger partial charge in [0.1, 0.15) is 5.75 Å². The van der Waals surface area contributed by atoms with Crippen LogP contribution in [0.1, 0.15) is 32.3 Å². The number of nitrogens with two attached hydrogens (primary N) is 1. The van der Waals surface area contributed by atoms with Gasteiger partial charge in [-0.3, -0.25) is 0 Å². The number of ether oxygens (including phenoxy) is 1. The van der Waals surface area contributed by atoms with Gasteiger partial charge in [-0.25, -0.2) is 0 Å². The summed E-state index contributed by atoms with van der Waals surface area (Å²) in [7, 11) is 0. The summed E-state index contributed by atoms with van der Waals surface area (Å²) >= 11 is 6.05. The van der Waals surface area contributed by atoms with E-state index < -0.39 is 0 Å². The van der Waals surface area contributed by atoms with E-state index in [1.165, 1.54) is 0 Å². The van der Waals surface area contributed by atoms with Crippen LogP contribution in [0.5, 0.6) is 5.75 Å². The summed E-state index contributed by atoms with van der Waals surface area (Å²) in [6.07, 6.45) is 2.29. The molecule has 0 unspecified atom stereocenters. The molecule has 0 bridgehead atoms. The Morgan fingerprint density at radius 3 is 2.50 bits per heavy atom. The summed E-state index contributed by atoms with van der Waals surface area (Å²) in [5.74, 6) is 1.45. The van der Waals surface area contributed by atoms with Crippen LogP contribution in [0, 0.1) is 5.92 Å². The van der Waals surface area contributed by atoms with Gasteiger partial charge in [0.05, 0.1) is 6.61 Å². The van der Waals surface area contributed by atoms with E-state index in [1.807, 2.05) is 18.2 Å². The highest BCUT2D eigenvalue weighted by Crippen LogP contribution is 2.23. The molecular formula is C13H20ClNO. The Morgan fingerprint density at radius 1 is 1.31 bits per heavy atom. The van der Waals surface area contributed by atoms with Crippen LogP contribution in [0.25, 0.3) is 0 Å². The zero-order valence-electron chi connectivity index (χ0n) is 10.0. The Balaban J connectivity index is 2.58. The molecule has 1 aromatic carbocycles. The lowest BCUT2D eigenvalue weighted by molar-refractivity contribution is 0.240. The van der Waals surface area contributed by atoms with Gasteiger partial charge in [0.15, 0.2) is 0 Å². The van der Waals surface area contributed by atoms with Crippen LogP contribution in [0.4, 0.5) is 0 Å². The molecule has 0 atom stereocenters. The third-order valence-corrected chi connectivity index (χ3v) is 3.24. The minimum absolute atomic E-state index is 0.464. The molecule has 0 radical (unpaired) electrons. The Kier molecular flexibility index (Phi) is 5.64. The molecule has 1 aromatic rings. The summed E-state index contributed by atoms with van der Waals surface area (Å²) < 4.78 is 5.70. The number of hydrogen-bond donors (Lipinski definition) is 1. The van der Waals surface area contributed by atoms with Crippen molar-refractivity contribution in [1.82, 2.24) is 0 Å². The molecule has 16 heavy (non-hydrogen) atoms. The summed E-state index contributed by atoms with van der Waals surface area (Å²) in [6.45, 7) is 5.58. The molecule has 90 valence electrons. The number of rotatable bonds is 6. The second-order valence-corrected chi connectivity index (χ2v) is 4.36. The van der Waals surface area contributed by atoms with Crippen molar-refractivity contribution in [3.63, 3.8) is 0 Å². The molecule has 3 heteroatoms. The Hall–Kier alpha value is -0.730. The van der Waals surface area contributed by atoms with Crippen molar-refractivity contribution in [3.8, 4) is 5.75 Å². The van der Waals surface area contributed by atoms with E-state index in [4.69, 9.17) is 22.1 Å². The largest absolute Gasteiger partial charge is 0.493 e. The molecule has 2 nitrogen and oxygen atoms in total. The molecule has 1 rings (SSSR count). The minimum Gasteiger partial charge on any atom is -0.493 e. The van der Waals surface area contributed by atoms with Crippen LogP contribution in [0.2, 0.25) is 5.02 Å². The van der Waals surface area contributed by atoms with Gasteiger partial charge < -0.3 is 10.5 Å². The summed E-state index contributed by atoms with van der Waals surface area (Å²) in [6, 6.07) is 5.69. The number of hydrogen-bond acceptors (Lipinski definition) is 2. The van der Waals surface area contributed by atoms with E-state index in [0.717, 1.165) is 30.8 Å². The maximum Gasteiger partial charge on any atom is 0.120 e. The Bertz CT molecular complexity index is 324. The van der Waals surface area contributed by atoms with Gasteiger partial charge in [0, 0.05) is 11.6 Å². The van der Waals surface area contributed by atoms with Gasteiger partial charge in [-0.2, -0.15) is 0 Å². The van der Waals surface area contributed by atoms with Gasteiger partial charge >= 0.3 is 0 Å². The van der Waals surface area contributed by atoms with Crippen LogP contribution < -0.4 is 10.5 Å². The van der Waals surface area contributed by atoms with Crippen LogP contribution in [-0.4, -0.2) is 6.61 Å². The highest BCUT2D eigenvalue weighted by atomic mass is 35.5. The molecular weight excluding hydrogens is 222 g/mol. The molecule has 0 saturated carbocycles. The smallest absolute Gasteiger partial charge is 0.120 e. The van der Waals surface area contributed by atoms with Gasteiger partial charge in [-0.05, 0) is 23.6 Å². The van der Waals surface area contributed by atoms with Crippen LogP contribution in [0.3, 0.4) is 0 Å². The standard InChI is InChI=1S/C13H20ClNO/c1-3-10(4-2)9-16-12-6-5-11(8-15)13(14)7-12/h5-7,10H,3-4,8-9,15H2,1-2H3. The first-order valence-electron chi connectivity index (χ1n) is 5.82. The Labute approximate surface area is 103 Å². The molecule has 0 aromatic heterocycles. The normalized spacial score (nSPS) is 10.8. The monoisotopic (exact) mass is 241 g/mol. The third kappa shape index (κ3) is 3.69. The van der Waals surface area contributed by atoms with Crippen LogP contribution >= 0.6 is 11.6 Å². The topological polar surface area (TPSA) is 35.2 Å². The highest BCUT2D eigenvalue weighted by Gasteiger charge is 2.05. The maximum absolute atomic E-state index is 6.05. The fourth-order valence-corrected chi connectivity index (χ4v) is 1.77. The van der Waals surface area contributed by atoms with Crippen molar-refractivity contribution in [2.45, 2.75) is 33.2 Å². The molecule has 0 saturated heterocycles. The first-order valence-corrected chi connectivity index (χ1v) is 6.20. The van der Waals surface area contributed by atoms with Gasteiger partial charge in [0.2, 0.25) is 0 Å². The first-order chi connectivity index (χ1) is 7.71. The summed E-state index contributed by atoms with van der Waals surface area (Å²) in [4.78, 5) is 0. The molecule has 0 aliphatic carbocycles. The van der Waals surface area contributed by atoms with Crippen molar-refractivity contribution >= 4 is 11.6 Å². The SMILES string of the molecule is CCC(CC)COc1ccc(CN)c(Cl)c1. The van der Waals surface area contributed by atoms with Gasteiger partial charge in [-0.15, -0.1) is 0 Å². The lowest BCUT2D eigenvalue weighted by atomic mass is 10.1. The lowest BCUT2D eigenvalue weighted by Crippen LogP contribution is -2.10. The third-order valence-electron chi connectivity index (χ3n) is 2.88. The van der Waals surface area contributed by atoms with E-state index in [-0.39, 0.29) is 0 Å². The van der Waals surface area contributed by atoms with E-state index in [2.05, 4.69) is 13.8 Å². The predicted molar refractivity (Wildman–Crippen MR) is 68.9 cm³/mol. The molecule has 0 heterocycles. The highest BCUT2D eigenvalue weighted by molar-refractivity contribution is 6.31. The predicted octanol–water partition coefficient (Wildman–Crippen LogP) is 3.61. The summed E-state index contributed by atoms with van der Waals surface area (Å²) in [5.41, 5.74) is 6.50. The van der Waals surface area contributed by atoms with Crippen LogP contribution in [-0.2, 0) is 6.54 Å². The van der Waals surface area contributed by atoms with E-state index in [0.29, 0.717) is 17.5 Å². The maximum atomic E-state index is 6.05. The van der Waals surface area contributed by atoms with E-state index in [9.17, 15) is 0 Å². The lowest BCUT2D eigenvalue weighted by Gasteiger charge is -2.14. The van der Waals surface area contributed by atoms with E-state index in [1.54, 1.807) is 0 Å². The van der Waals surface area contributed by atoms with Crippen molar-refractivity contribution in [1.29, 1.82) is 0 Å². The molecule has 0 spiro atoms. The zero-order valence-corrected chi connectivity index (χ0v) is 10.8. The van der Waals surface area contributed by atoms with Crippen molar-refractivity contribution in [2.75, 3.05) is 6.61 Å². The van der Waals surface area contributed by atoms with Crippen molar-refractivity contribution in [3.05, 3.63) is 28.8 Å². The molecule has 0 amide bonds.